The highest BCUT2D eigenvalue weighted by Gasteiger charge is 2.18. The van der Waals surface area contributed by atoms with Crippen LogP contribution in [0.15, 0.2) is 47.4 Å². The minimum atomic E-state index is -3.86. The number of benzene rings is 2. The van der Waals surface area contributed by atoms with Gasteiger partial charge < -0.3 is 10.1 Å². The van der Waals surface area contributed by atoms with Gasteiger partial charge in [0.25, 0.3) is 10.0 Å². The predicted molar refractivity (Wildman–Crippen MR) is 89.6 cm³/mol. The number of ether oxygens (including phenoxy) is 1. The van der Waals surface area contributed by atoms with Crippen LogP contribution in [-0.2, 0) is 14.8 Å². The molecule has 0 radical (unpaired) electrons. The maximum atomic E-state index is 12.5. The highest BCUT2D eigenvalue weighted by molar-refractivity contribution is 7.92. The Morgan fingerprint density at radius 3 is 2.35 bits per heavy atom. The molecule has 2 aromatic carbocycles. The molecule has 0 atom stereocenters. The molecule has 0 aliphatic heterocycles. The number of nitrogens with one attached hydrogen (secondary N) is 2. The number of methoxy groups -OCH3 is 1. The molecule has 0 fully saturated rings. The van der Waals surface area contributed by atoms with E-state index in [1.165, 1.54) is 32.2 Å². The van der Waals surface area contributed by atoms with Crippen molar-refractivity contribution in [2.75, 3.05) is 17.1 Å². The van der Waals surface area contributed by atoms with Crippen molar-refractivity contribution < 1.29 is 17.9 Å². The van der Waals surface area contributed by atoms with Crippen molar-refractivity contribution in [3.63, 3.8) is 0 Å². The van der Waals surface area contributed by atoms with Crippen molar-refractivity contribution in [2.45, 2.75) is 11.8 Å². The van der Waals surface area contributed by atoms with E-state index in [1.807, 2.05) is 0 Å². The maximum absolute atomic E-state index is 12.5. The van der Waals surface area contributed by atoms with E-state index in [0.717, 1.165) is 0 Å². The van der Waals surface area contributed by atoms with Gasteiger partial charge >= 0.3 is 0 Å². The zero-order chi connectivity index (χ0) is 17.0. The summed E-state index contributed by atoms with van der Waals surface area (Å²) in [4.78, 5) is 11.2. The number of rotatable bonds is 5. The van der Waals surface area contributed by atoms with Crippen LogP contribution in [0.5, 0.6) is 5.75 Å². The van der Waals surface area contributed by atoms with Crippen molar-refractivity contribution in [1.82, 2.24) is 0 Å². The van der Waals surface area contributed by atoms with Crippen molar-refractivity contribution in [1.29, 1.82) is 0 Å². The summed E-state index contributed by atoms with van der Waals surface area (Å²) in [5.74, 6) is 0.0772. The summed E-state index contributed by atoms with van der Waals surface area (Å²) in [6, 6.07) is 10.6. The van der Waals surface area contributed by atoms with Gasteiger partial charge in [0.05, 0.1) is 28.4 Å². The van der Waals surface area contributed by atoms with E-state index < -0.39 is 10.0 Å². The molecule has 0 saturated carbocycles. The monoisotopic (exact) mass is 354 g/mol. The summed E-state index contributed by atoms with van der Waals surface area (Å²) in [6.45, 7) is 1.34. The van der Waals surface area contributed by atoms with Crippen LogP contribution in [0.25, 0.3) is 0 Å². The van der Waals surface area contributed by atoms with E-state index in [0.29, 0.717) is 11.4 Å². The third-order valence-electron chi connectivity index (χ3n) is 2.92. The van der Waals surface area contributed by atoms with E-state index in [1.54, 1.807) is 24.3 Å². The summed E-state index contributed by atoms with van der Waals surface area (Å²) in [6.07, 6.45) is 0. The summed E-state index contributed by atoms with van der Waals surface area (Å²) < 4.78 is 32.4. The van der Waals surface area contributed by atoms with Gasteiger partial charge in [0, 0.05) is 6.92 Å². The van der Waals surface area contributed by atoms with Crippen molar-refractivity contribution in [3.05, 3.63) is 47.5 Å². The zero-order valence-electron chi connectivity index (χ0n) is 12.5. The standard InChI is InChI=1S/C15H15ClN2O4S/c1-10(19)17-13-5-3-4-6-14(13)18-23(20,21)11-7-8-15(22-2)12(16)9-11/h3-9,18H,1-2H3,(H,17,19). The molecule has 0 aromatic heterocycles. The highest BCUT2D eigenvalue weighted by atomic mass is 35.5. The van der Waals surface area contributed by atoms with Crippen molar-refractivity contribution in [2.24, 2.45) is 0 Å². The third kappa shape index (κ3) is 4.14. The minimum Gasteiger partial charge on any atom is -0.495 e. The molecule has 2 rings (SSSR count). The summed E-state index contributed by atoms with van der Waals surface area (Å²) in [5, 5.41) is 2.75. The van der Waals surface area contributed by atoms with Crippen LogP contribution in [0.1, 0.15) is 6.92 Å². The number of carbonyl (C=O) groups is 1. The second-order valence-electron chi connectivity index (χ2n) is 4.63. The SMILES string of the molecule is COc1ccc(S(=O)(=O)Nc2ccccc2NC(C)=O)cc1Cl. The second kappa shape index (κ2) is 6.89. The molecule has 0 aliphatic rings. The minimum absolute atomic E-state index is 0.0130. The number of sulfonamides is 1. The van der Waals surface area contributed by atoms with Gasteiger partial charge in [-0.05, 0) is 30.3 Å². The molecule has 0 saturated heterocycles. The normalized spacial score (nSPS) is 10.9. The van der Waals surface area contributed by atoms with Gasteiger partial charge in [-0.25, -0.2) is 8.42 Å². The Labute approximate surface area is 139 Å². The van der Waals surface area contributed by atoms with E-state index in [-0.39, 0.29) is 21.5 Å². The Hall–Kier alpha value is -2.25. The first-order valence-electron chi connectivity index (χ1n) is 6.56. The number of halogens is 1. The Kier molecular flexibility index (Phi) is 5.12. The predicted octanol–water partition coefficient (Wildman–Crippen LogP) is 3.11. The molecular formula is C15H15ClN2O4S. The fraction of sp³-hybridized carbons (Fsp3) is 0.133. The molecule has 1 amide bonds. The number of para-hydroxylation sites is 2. The molecule has 0 unspecified atom stereocenters. The van der Waals surface area contributed by atoms with Crippen LogP contribution in [0.2, 0.25) is 5.02 Å². The fourth-order valence-corrected chi connectivity index (χ4v) is 3.32. The first kappa shape index (κ1) is 17.1. The fourth-order valence-electron chi connectivity index (χ4n) is 1.89. The summed E-state index contributed by atoms with van der Waals surface area (Å²) in [5.41, 5.74) is 0.623. The Bertz CT molecular complexity index is 837. The van der Waals surface area contributed by atoms with E-state index in [2.05, 4.69) is 10.0 Å². The third-order valence-corrected chi connectivity index (χ3v) is 4.57. The van der Waals surface area contributed by atoms with Crippen LogP contribution in [-0.4, -0.2) is 21.4 Å². The molecule has 0 bridgehead atoms. The molecule has 8 heteroatoms. The second-order valence-corrected chi connectivity index (χ2v) is 6.72. The lowest BCUT2D eigenvalue weighted by Crippen LogP contribution is -2.15. The highest BCUT2D eigenvalue weighted by Crippen LogP contribution is 2.29. The average molecular weight is 355 g/mol. The van der Waals surface area contributed by atoms with Gasteiger partial charge in [-0.1, -0.05) is 23.7 Å². The first-order valence-corrected chi connectivity index (χ1v) is 8.42. The van der Waals surface area contributed by atoms with Gasteiger partial charge in [0.2, 0.25) is 5.91 Å². The molecule has 23 heavy (non-hydrogen) atoms. The number of hydrogen-bond acceptors (Lipinski definition) is 4. The number of amides is 1. The maximum Gasteiger partial charge on any atom is 0.262 e. The number of carbonyl (C=O) groups excluding carboxylic acids is 1. The van der Waals surface area contributed by atoms with Gasteiger partial charge in [-0.15, -0.1) is 0 Å². The van der Waals surface area contributed by atoms with E-state index in [4.69, 9.17) is 16.3 Å². The lowest BCUT2D eigenvalue weighted by molar-refractivity contribution is -0.114. The van der Waals surface area contributed by atoms with Gasteiger partial charge in [0.1, 0.15) is 5.75 Å². The lowest BCUT2D eigenvalue weighted by Gasteiger charge is -2.13. The topological polar surface area (TPSA) is 84.5 Å². The molecular weight excluding hydrogens is 340 g/mol. The molecule has 2 N–H and O–H groups in total. The van der Waals surface area contributed by atoms with Crippen molar-refractivity contribution in [3.8, 4) is 5.75 Å². The van der Waals surface area contributed by atoms with E-state index >= 15 is 0 Å². The van der Waals surface area contributed by atoms with Crippen molar-refractivity contribution >= 4 is 38.9 Å². The molecule has 0 heterocycles. The van der Waals surface area contributed by atoms with Crippen LogP contribution in [0.4, 0.5) is 11.4 Å². The molecule has 0 aliphatic carbocycles. The van der Waals surface area contributed by atoms with Crippen LogP contribution in [0.3, 0.4) is 0 Å². The van der Waals surface area contributed by atoms with Crippen LogP contribution in [0, 0.1) is 0 Å². The number of anilines is 2. The van der Waals surface area contributed by atoms with Crippen LogP contribution < -0.4 is 14.8 Å². The van der Waals surface area contributed by atoms with Gasteiger partial charge in [0.15, 0.2) is 0 Å². The Morgan fingerprint density at radius 2 is 1.78 bits per heavy atom. The molecule has 0 spiro atoms. The number of hydrogen-bond donors (Lipinski definition) is 2. The Morgan fingerprint density at radius 1 is 1.13 bits per heavy atom. The van der Waals surface area contributed by atoms with Gasteiger partial charge in [-0.2, -0.15) is 0 Å². The first-order chi connectivity index (χ1) is 10.8. The molecule has 122 valence electrons. The summed E-state index contributed by atoms with van der Waals surface area (Å²) in [7, 11) is -2.42. The largest absolute Gasteiger partial charge is 0.495 e. The smallest absolute Gasteiger partial charge is 0.262 e. The Balaban J connectivity index is 2.35. The van der Waals surface area contributed by atoms with E-state index in [9.17, 15) is 13.2 Å². The van der Waals surface area contributed by atoms with Gasteiger partial charge in [-0.3, -0.25) is 9.52 Å². The molecule has 2 aromatic rings. The quantitative estimate of drug-likeness (QED) is 0.864. The molecule has 6 nitrogen and oxygen atoms in total. The lowest BCUT2D eigenvalue weighted by atomic mass is 10.3. The zero-order valence-corrected chi connectivity index (χ0v) is 14.0. The average Bonchev–Trinajstić information content (AvgIpc) is 2.48. The summed E-state index contributed by atoms with van der Waals surface area (Å²) >= 11 is 5.96. The van der Waals surface area contributed by atoms with Crippen LogP contribution >= 0.6 is 11.6 Å².